The third-order valence-electron chi connectivity index (χ3n) is 12.2. The second-order valence-corrected chi connectivity index (χ2v) is 22.3. The molecule has 0 aliphatic rings. The molecule has 0 aliphatic heterocycles. The van der Waals surface area contributed by atoms with Gasteiger partial charge in [0.05, 0.1) is 111 Å². The third-order valence-corrected chi connectivity index (χ3v) is 12.2. The number of carbonyl (C=O) groups is 2. The number of nitrogens with one attached hydrogen (secondary N) is 3. The van der Waals surface area contributed by atoms with E-state index >= 15 is 0 Å². The minimum atomic E-state index is -0.823. The molecule has 468 valence electrons. The van der Waals surface area contributed by atoms with Crippen molar-refractivity contribution in [3.63, 3.8) is 0 Å². The molecule has 78 heavy (non-hydrogen) atoms. The number of ether oxygens (including phenoxy) is 3. The Morgan fingerprint density at radius 2 is 0.808 bits per heavy atom. The van der Waals surface area contributed by atoms with Crippen LogP contribution in [-0.2, 0) is 23.8 Å². The zero-order valence-electron chi connectivity index (χ0n) is 51.8. The van der Waals surface area contributed by atoms with Crippen molar-refractivity contribution in [3.05, 3.63) is 37.0 Å². The molecule has 0 saturated heterocycles. The molecule has 0 heterocycles. The van der Waals surface area contributed by atoms with Crippen LogP contribution in [-0.4, -0.2) is 303 Å². The molecule has 0 amide bonds. The molecule has 0 radical (unpaired) electrons. The molecule has 0 fully saturated rings. The lowest BCUT2D eigenvalue weighted by Crippen LogP contribution is -3.13. The number of hydrogen-bond donors (Lipinski definition) is 13. The fourth-order valence-electron chi connectivity index (χ4n) is 8.39. The van der Waals surface area contributed by atoms with Crippen molar-refractivity contribution in [2.24, 2.45) is 0 Å². The summed E-state index contributed by atoms with van der Waals surface area (Å²) in [5.74, 6) is -1.14. The Bertz CT molecular complexity index is 1380. The number of hydrogen-bond acceptors (Lipinski definition) is 15. The molecule has 22 heteroatoms. The van der Waals surface area contributed by atoms with Crippen molar-refractivity contribution in [1.29, 1.82) is 0 Å². The fraction of sp³-hybridized carbons (Fsp3) is 0.857. The lowest BCUT2D eigenvalue weighted by molar-refractivity contribution is -0.922. The lowest BCUT2D eigenvalue weighted by Gasteiger charge is -2.37. The van der Waals surface area contributed by atoms with E-state index < -0.39 is 11.9 Å². The number of aliphatic hydroxyl groups is 8. The molecule has 0 aromatic carbocycles. The average molecular weight is 1140 g/mol. The molecule has 5 unspecified atom stereocenters. The van der Waals surface area contributed by atoms with E-state index in [1.54, 1.807) is 0 Å². The van der Waals surface area contributed by atoms with Gasteiger partial charge in [-0.25, -0.2) is 9.59 Å². The first-order chi connectivity index (χ1) is 36.3. The van der Waals surface area contributed by atoms with E-state index in [2.05, 4.69) is 58.1 Å². The summed E-state index contributed by atoms with van der Waals surface area (Å²) in [6.07, 6.45) is 2.41. The quantitative estimate of drug-likeness (QED) is 0.0306. The summed E-state index contributed by atoms with van der Waals surface area (Å²) >= 11 is 0. The third kappa shape index (κ3) is 56.2. The molecule has 0 spiro atoms. The van der Waals surface area contributed by atoms with E-state index in [-0.39, 0.29) is 81.7 Å². The van der Waals surface area contributed by atoms with E-state index in [9.17, 15) is 19.8 Å². The predicted octanol–water partition coefficient (Wildman–Crippen LogP) is 1.78. The van der Waals surface area contributed by atoms with Crippen LogP contribution in [0.5, 0.6) is 0 Å². The van der Waals surface area contributed by atoms with Gasteiger partial charge >= 0.3 is 11.9 Å². The van der Waals surface area contributed by atoms with Gasteiger partial charge in [-0.1, -0.05) is 61.3 Å². The summed E-state index contributed by atoms with van der Waals surface area (Å²) in [4.78, 5) is 23.0. The van der Waals surface area contributed by atoms with Crippen molar-refractivity contribution in [1.82, 2.24) is 10.6 Å². The molecule has 0 bridgehead atoms. The first-order valence-corrected chi connectivity index (χ1v) is 28.4. The van der Waals surface area contributed by atoms with Crippen LogP contribution < -0.4 is 15.5 Å². The minimum absolute atomic E-state index is 0.00889. The van der Waals surface area contributed by atoms with Crippen LogP contribution in [0.4, 0.5) is 0 Å². The number of rotatable bonds is 44. The normalized spacial score (nSPS) is 14.7. The maximum absolute atomic E-state index is 10.9. The maximum atomic E-state index is 10.9. The summed E-state index contributed by atoms with van der Waals surface area (Å²) in [7, 11) is 3.99. The largest absolute Gasteiger partial charge is 0.507 e. The van der Waals surface area contributed by atoms with Gasteiger partial charge in [0.2, 0.25) is 0 Å². The zero-order valence-corrected chi connectivity index (χ0v) is 51.8. The van der Waals surface area contributed by atoms with Gasteiger partial charge in [0, 0.05) is 25.2 Å². The fourth-order valence-corrected chi connectivity index (χ4v) is 8.39. The van der Waals surface area contributed by atoms with Crippen molar-refractivity contribution in [3.8, 4) is 0 Å². The van der Waals surface area contributed by atoms with E-state index in [0.717, 1.165) is 70.1 Å². The molecule has 5 atom stereocenters. The van der Waals surface area contributed by atoms with Gasteiger partial charge in [-0.2, -0.15) is 0 Å². The Balaban J connectivity index is -0.000000285. The van der Waals surface area contributed by atoms with E-state index in [0.29, 0.717) is 109 Å². The van der Waals surface area contributed by atoms with Crippen molar-refractivity contribution in [2.45, 2.75) is 126 Å². The number of likely N-dealkylation sites (N-methyl/N-ethyl adjacent to an activating group) is 2. The Hall–Kier alpha value is -3.04. The van der Waals surface area contributed by atoms with Crippen molar-refractivity contribution in [2.75, 3.05) is 191 Å². The Labute approximate surface area is 473 Å². The molecular weight excluding hydrogens is 1010 g/mol. The van der Waals surface area contributed by atoms with Crippen molar-refractivity contribution >= 4 is 11.9 Å². The lowest BCUT2D eigenvalue weighted by atomic mass is 10.2. The monoisotopic (exact) mass is 1130 g/mol. The van der Waals surface area contributed by atoms with Gasteiger partial charge in [-0.15, -0.1) is 0 Å². The molecule has 13 N–H and O–H groups in total. The van der Waals surface area contributed by atoms with E-state index in [4.69, 9.17) is 55.1 Å². The number of carboxylic acid groups (broad SMARTS) is 2. The average Bonchev–Trinajstić information content (AvgIpc) is 3.26. The first kappa shape index (κ1) is 83.8. The topological polar surface area (TPSA) is 293 Å². The highest BCUT2D eigenvalue weighted by atomic mass is 16.5. The number of aliphatic carboxylic acids is 2. The predicted molar refractivity (Wildman–Crippen MR) is 313 cm³/mol. The van der Waals surface area contributed by atoms with Gasteiger partial charge in [0.15, 0.2) is 13.1 Å². The summed E-state index contributed by atoms with van der Waals surface area (Å²) in [5.41, 5.74) is 0. The highest BCUT2D eigenvalue weighted by Crippen LogP contribution is 2.11. The molecule has 0 rings (SSSR count). The van der Waals surface area contributed by atoms with Gasteiger partial charge in [-0.3, -0.25) is 0 Å². The highest BCUT2D eigenvalue weighted by molar-refractivity contribution is 5.68. The molecule has 0 aliphatic carbocycles. The zero-order chi connectivity index (χ0) is 61.4. The van der Waals surface area contributed by atoms with Crippen LogP contribution in [0.3, 0.4) is 0 Å². The summed E-state index contributed by atoms with van der Waals surface area (Å²) < 4.78 is 18.4. The van der Waals surface area contributed by atoms with E-state index in [1.165, 1.54) is 0 Å². The van der Waals surface area contributed by atoms with Crippen LogP contribution in [0.2, 0.25) is 0 Å². The molecular formula is C56H124N7O15+5. The summed E-state index contributed by atoms with van der Waals surface area (Å²) in [5, 5.41) is 97.0. The van der Waals surface area contributed by atoms with Crippen LogP contribution in [0, 0.1) is 0 Å². The van der Waals surface area contributed by atoms with Crippen LogP contribution in [0.15, 0.2) is 37.0 Å². The van der Waals surface area contributed by atoms with Crippen LogP contribution in [0.1, 0.15) is 95.9 Å². The maximum Gasteiger partial charge on any atom is 0.359 e. The minimum Gasteiger partial charge on any atom is -0.507 e. The highest BCUT2D eigenvalue weighted by Gasteiger charge is 2.30. The summed E-state index contributed by atoms with van der Waals surface area (Å²) in [6.45, 7) is 48.3. The number of nitrogens with zero attached hydrogens (tertiary/aromatic N) is 4. The second-order valence-electron chi connectivity index (χ2n) is 22.3. The smallest absolute Gasteiger partial charge is 0.359 e. The molecule has 0 aromatic heterocycles. The van der Waals surface area contributed by atoms with E-state index in [1.807, 2.05) is 69.5 Å². The second kappa shape index (κ2) is 50.9. The van der Waals surface area contributed by atoms with Gasteiger partial charge in [-0.05, 0) is 54.4 Å². The number of quaternary nitrogens is 5. The number of carboxylic acids is 2. The Morgan fingerprint density at radius 3 is 1.13 bits per heavy atom. The summed E-state index contributed by atoms with van der Waals surface area (Å²) in [6, 6.07) is 0.863. The Morgan fingerprint density at radius 1 is 0.449 bits per heavy atom. The first-order valence-electron chi connectivity index (χ1n) is 28.4. The molecule has 0 saturated carbocycles. The van der Waals surface area contributed by atoms with Gasteiger partial charge < -0.3 is 98.7 Å². The van der Waals surface area contributed by atoms with Crippen molar-refractivity contribution < 1.29 is 97.7 Å². The van der Waals surface area contributed by atoms with Gasteiger partial charge in [0.1, 0.15) is 89.3 Å². The molecule has 22 nitrogen and oxygen atoms in total. The van der Waals surface area contributed by atoms with Crippen LogP contribution >= 0.6 is 0 Å². The number of aliphatic hydroxyl groups excluding tert-OH is 8. The Kier molecular flexibility index (Phi) is 54.7. The standard InChI is InChI=1S/C12H26N2O3.C12H25NO4.C11H24N2O2.C11H23NO3.C10H21NO3/c1-4-6-14(8-9-15,10-12(16)17)7-5-13-11(2)3;1-4-5-13(6-8-14,10-12(15)16)7-9-17-11(2)3;1-10(2)12-5-6-13(4,7-8-14)9-11(3)15;1-10(2)15-8-6-12(4,5-7-13)9-11(3)14;1-9(2)14-7-5-11(4-6-12)8-10(3)13/h11,13,15H,4-10H2,1-3H3;11,14H,4-10H2,1-3H3;10,12,14H,3,5-9H2,1-2,4H3;10,13H,3,5-9H2,1-2,4H3;9,12-13H,3-8H2,1-2H3/p+5. The molecule has 0 aromatic rings. The SMILES string of the molecule is C=C(O)C[N+](C)(CCO)CCNC(C)C.C=C(O)C[N+](C)(CCO)CCOC(C)C.C=C(O)C[NH+](CCO)CCOC(C)C.CCC[N+](CCO)(CCNC(C)C)CC(=O)O.CCC[N+](CCO)(CCOC(C)C)CC(=O)O. The van der Waals surface area contributed by atoms with Crippen LogP contribution in [0.25, 0.3) is 0 Å². The van der Waals surface area contributed by atoms with Gasteiger partial charge in [0.25, 0.3) is 0 Å².